The molecule has 0 heterocycles. The molecule has 0 aliphatic carbocycles. The van der Waals surface area contributed by atoms with Crippen molar-refractivity contribution in [3.63, 3.8) is 0 Å². The van der Waals surface area contributed by atoms with E-state index in [1.807, 2.05) is 44.8 Å². The Kier molecular flexibility index (Phi) is 10.2. The molecule has 1 unspecified atom stereocenters. The summed E-state index contributed by atoms with van der Waals surface area (Å²) >= 11 is 0. The van der Waals surface area contributed by atoms with Crippen molar-refractivity contribution in [3.8, 4) is 0 Å². The van der Waals surface area contributed by atoms with Gasteiger partial charge in [-0.2, -0.15) is 0 Å². The molecule has 0 aromatic carbocycles. The number of nitrogens with one attached hydrogen (secondary N) is 2. The molecular weight excluding hydrogens is 344 g/mol. The summed E-state index contributed by atoms with van der Waals surface area (Å²) < 4.78 is 0. The summed E-state index contributed by atoms with van der Waals surface area (Å²) in [5, 5.41) is 5.90. The first kappa shape index (κ1) is 25.5. The molecule has 0 fully saturated rings. The molecule has 0 radical (unpaired) electrons. The molecule has 0 saturated carbocycles. The van der Waals surface area contributed by atoms with Crippen LogP contribution in [0, 0.1) is 5.41 Å². The highest BCUT2D eigenvalue weighted by Crippen LogP contribution is 2.29. The zero-order valence-corrected chi connectivity index (χ0v) is 18.7. The fourth-order valence-electron chi connectivity index (χ4n) is 3.80. The van der Waals surface area contributed by atoms with Crippen LogP contribution in [0.4, 0.5) is 0 Å². The Morgan fingerprint density at radius 3 is 2.00 bits per heavy atom. The maximum Gasteiger partial charge on any atom is 0.237 e. The van der Waals surface area contributed by atoms with Crippen LogP contribution < -0.4 is 10.6 Å². The summed E-state index contributed by atoms with van der Waals surface area (Å²) in [5.74, 6) is -0.184. The lowest BCUT2D eigenvalue weighted by Crippen LogP contribution is -2.52. The molecule has 7 nitrogen and oxygen atoms in total. The minimum atomic E-state index is -0.493. The Morgan fingerprint density at radius 2 is 1.56 bits per heavy atom. The molecule has 0 bridgehead atoms. The third kappa shape index (κ3) is 11.8. The molecule has 0 aromatic heterocycles. The third-order valence-corrected chi connectivity index (χ3v) is 4.29. The molecule has 2 N–H and O–H groups in total. The highest BCUT2D eigenvalue weighted by molar-refractivity contribution is 5.88. The molecule has 2 amide bonds. The summed E-state index contributed by atoms with van der Waals surface area (Å²) in [5.41, 5.74) is -0.500. The van der Waals surface area contributed by atoms with E-state index < -0.39 is 6.04 Å². The highest BCUT2D eigenvalue weighted by Gasteiger charge is 2.33. The average molecular weight is 385 g/mol. The Labute approximate surface area is 165 Å². The van der Waals surface area contributed by atoms with E-state index in [0.29, 0.717) is 13.1 Å². The molecule has 0 aromatic rings. The minimum absolute atomic E-state index is 0.00834. The first-order valence-corrected chi connectivity index (χ1v) is 9.56. The zero-order chi connectivity index (χ0) is 21.4. The second-order valence-electron chi connectivity index (χ2n) is 9.34. The van der Waals surface area contributed by atoms with Crippen LogP contribution in [0.5, 0.6) is 0 Å². The fraction of sp³-hybridized carbons (Fsp3) is 0.850. The Morgan fingerprint density at radius 1 is 1.00 bits per heavy atom. The largest absolute Gasteiger partial charge is 0.353 e. The molecule has 1 atom stereocenters. The Bertz CT molecular complexity index is 515. The number of ketones is 1. The van der Waals surface area contributed by atoms with Gasteiger partial charge in [0, 0.05) is 38.5 Å². The van der Waals surface area contributed by atoms with Crippen molar-refractivity contribution in [2.24, 2.45) is 5.41 Å². The maximum absolute atomic E-state index is 12.6. The van der Waals surface area contributed by atoms with Gasteiger partial charge in [-0.3, -0.25) is 19.3 Å². The second-order valence-corrected chi connectivity index (χ2v) is 9.34. The van der Waals surface area contributed by atoms with Gasteiger partial charge in [-0.1, -0.05) is 13.8 Å². The monoisotopic (exact) mass is 384 g/mol. The van der Waals surface area contributed by atoms with Crippen molar-refractivity contribution < 1.29 is 14.4 Å². The fourth-order valence-corrected chi connectivity index (χ4v) is 3.80. The minimum Gasteiger partial charge on any atom is -0.353 e. The predicted molar refractivity (Wildman–Crippen MR) is 110 cm³/mol. The van der Waals surface area contributed by atoms with Crippen LogP contribution in [-0.4, -0.2) is 79.8 Å². The highest BCUT2D eigenvalue weighted by atomic mass is 16.2. The van der Waals surface area contributed by atoms with Crippen LogP contribution in [0.15, 0.2) is 0 Å². The number of nitrogens with zero attached hydrogens (tertiary/aromatic N) is 2. The number of hydrogen-bond acceptors (Lipinski definition) is 5. The molecule has 0 aliphatic heterocycles. The average Bonchev–Trinajstić information content (AvgIpc) is 2.40. The first-order valence-electron chi connectivity index (χ1n) is 9.56. The molecule has 7 heteroatoms. The molecule has 158 valence electrons. The summed E-state index contributed by atoms with van der Waals surface area (Å²) in [6, 6.07) is -0.493. The SMILES string of the molecule is CC(=O)CC(C(=O)NCCN(C)C)N(C)CC(C)(C)CC(C)(C)NC(C)=O. The quantitative estimate of drug-likeness (QED) is 0.530. The lowest BCUT2D eigenvalue weighted by atomic mass is 9.79. The van der Waals surface area contributed by atoms with E-state index in [4.69, 9.17) is 0 Å². The van der Waals surface area contributed by atoms with E-state index in [9.17, 15) is 14.4 Å². The number of likely N-dealkylation sites (N-methyl/N-ethyl adjacent to an activating group) is 2. The molecule has 27 heavy (non-hydrogen) atoms. The molecule has 0 rings (SSSR count). The van der Waals surface area contributed by atoms with Gasteiger partial charge in [0.2, 0.25) is 11.8 Å². The summed E-state index contributed by atoms with van der Waals surface area (Å²) in [7, 11) is 5.78. The molecular formula is C20H40N4O3. The van der Waals surface area contributed by atoms with Crippen LogP contribution in [0.2, 0.25) is 0 Å². The van der Waals surface area contributed by atoms with Crippen molar-refractivity contribution in [1.29, 1.82) is 0 Å². The van der Waals surface area contributed by atoms with Gasteiger partial charge in [0.15, 0.2) is 0 Å². The van der Waals surface area contributed by atoms with Gasteiger partial charge in [0.05, 0.1) is 6.04 Å². The summed E-state index contributed by atoms with van der Waals surface area (Å²) in [4.78, 5) is 39.7. The zero-order valence-electron chi connectivity index (χ0n) is 18.7. The van der Waals surface area contributed by atoms with Gasteiger partial charge >= 0.3 is 0 Å². The number of carbonyl (C=O) groups excluding carboxylic acids is 3. The Balaban J connectivity index is 5.04. The lowest BCUT2D eigenvalue weighted by Gasteiger charge is -2.39. The topological polar surface area (TPSA) is 81.8 Å². The second kappa shape index (κ2) is 10.8. The molecule has 0 saturated heterocycles. The standard InChI is InChI=1S/C20H40N4O3/c1-15(25)12-17(18(27)21-10-11-23(7)8)24(9)14-19(3,4)13-20(5,6)22-16(2)26/h17H,10-14H2,1-9H3,(H,21,27)(H,22,26). The third-order valence-electron chi connectivity index (χ3n) is 4.29. The summed E-state index contributed by atoms with van der Waals surface area (Å²) in [6.07, 6.45) is 0.939. The van der Waals surface area contributed by atoms with Crippen molar-refractivity contribution in [2.45, 2.75) is 66.0 Å². The number of carbonyl (C=O) groups is 3. The van der Waals surface area contributed by atoms with E-state index in [-0.39, 0.29) is 35.0 Å². The van der Waals surface area contributed by atoms with Gasteiger partial charge < -0.3 is 15.5 Å². The molecule has 0 spiro atoms. The summed E-state index contributed by atoms with van der Waals surface area (Å²) in [6.45, 7) is 13.2. The van der Waals surface area contributed by atoms with Gasteiger partial charge in [-0.05, 0) is 53.8 Å². The van der Waals surface area contributed by atoms with Crippen LogP contribution in [0.3, 0.4) is 0 Å². The Hall–Kier alpha value is -1.47. The number of Topliss-reactive ketones (excluding diaryl/α,β-unsaturated/α-hetero) is 1. The van der Waals surface area contributed by atoms with Crippen molar-refractivity contribution in [1.82, 2.24) is 20.4 Å². The van der Waals surface area contributed by atoms with Crippen LogP contribution in [0.1, 0.15) is 54.4 Å². The van der Waals surface area contributed by atoms with Gasteiger partial charge in [-0.15, -0.1) is 0 Å². The van der Waals surface area contributed by atoms with E-state index in [0.717, 1.165) is 13.0 Å². The van der Waals surface area contributed by atoms with Crippen LogP contribution >= 0.6 is 0 Å². The van der Waals surface area contributed by atoms with Crippen molar-refractivity contribution in [2.75, 3.05) is 40.8 Å². The number of rotatable bonds is 12. The van der Waals surface area contributed by atoms with E-state index >= 15 is 0 Å². The first-order chi connectivity index (χ1) is 12.1. The number of amides is 2. The van der Waals surface area contributed by atoms with Crippen molar-refractivity contribution >= 4 is 17.6 Å². The maximum atomic E-state index is 12.6. The van der Waals surface area contributed by atoms with Gasteiger partial charge in [-0.25, -0.2) is 0 Å². The normalized spacial score (nSPS) is 13.6. The lowest BCUT2D eigenvalue weighted by molar-refractivity contribution is -0.130. The van der Waals surface area contributed by atoms with Crippen LogP contribution in [-0.2, 0) is 14.4 Å². The van der Waals surface area contributed by atoms with E-state index in [2.05, 4.69) is 24.5 Å². The smallest absolute Gasteiger partial charge is 0.237 e. The van der Waals surface area contributed by atoms with E-state index in [1.54, 1.807) is 0 Å². The van der Waals surface area contributed by atoms with Gasteiger partial charge in [0.1, 0.15) is 5.78 Å². The van der Waals surface area contributed by atoms with Crippen molar-refractivity contribution in [3.05, 3.63) is 0 Å². The van der Waals surface area contributed by atoms with Gasteiger partial charge in [0.25, 0.3) is 0 Å². The van der Waals surface area contributed by atoms with Crippen LogP contribution in [0.25, 0.3) is 0 Å². The van der Waals surface area contributed by atoms with E-state index in [1.165, 1.54) is 13.8 Å². The number of hydrogen-bond donors (Lipinski definition) is 2. The molecule has 0 aliphatic rings. The predicted octanol–water partition coefficient (Wildman–Crippen LogP) is 1.27.